The molecule has 0 fully saturated rings. The lowest BCUT2D eigenvalue weighted by Crippen LogP contribution is -2.02. The third kappa shape index (κ3) is 6.38. The number of unbranched alkanes of at least 4 members (excludes halogenated alkanes) is 7. The van der Waals surface area contributed by atoms with Crippen LogP contribution in [0.2, 0.25) is 0 Å². The maximum atomic E-state index is 12.2. The van der Waals surface area contributed by atoms with E-state index in [9.17, 15) is 4.79 Å². The number of ketones is 1. The van der Waals surface area contributed by atoms with Gasteiger partial charge in [-0.1, -0.05) is 70.1 Å². The number of hydrogen-bond donors (Lipinski definition) is 0. The average Bonchev–Trinajstić information content (AvgIpc) is 2.44. The summed E-state index contributed by atoms with van der Waals surface area (Å²) in [5, 5.41) is 0. The zero-order valence-electron chi connectivity index (χ0n) is 12.9. The highest BCUT2D eigenvalue weighted by Gasteiger charge is 2.10. The summed E-state index contributed by atoms with van der Waals surface area (Å²) >= 11 is 2.29. The smallest absolute Gasteiger partial charge is 0.163 e. The van der Waals surface area contributed by atoms with Gasteiger partial charge in [0.1, 0.15) is 0 Å². The molecule has 112 valence electrons. The molecule has 0 spiro atoms. The molecule has 0 radical (unpaired) electrons. The topological polar surface area (TPSA) is 17.1 Å². The molecule has 0 bridgehead atoms. The van der Waals surface area contributed by atoms with Gasteiger partial charge < -0.3 is 0 Å². The Morgan fingerprint density at radius 3 is 2.25 bits per heavy atom. The number of benzene rings is 1. The van der Waals surface area contributed by atoms with E-state index >= 15 is 0 Å². The Morgan fingerprint density at radius 1 is 1.00 bits per heavy atom. The van der Waals surface area contributed by atoms with Crippen molar-refractivity contribution < 1.29 is 4.79 Å². The van der Waals surface area contributed by atoms with Crippen LogP contribution in [-0.4, -0.2) is 5.78 Å². The van der Waals surface area contributed by atoms with Crippen molar-refractivity contribution in [3.05, 3.63) is 32.9 Å². The Balaban J connectivity index is 2.19. The van der Waals surface area contributed by atoms with Crippen LogP contribution < -0.4 is 0 Å². The fraction of sp³-hybridized carbons (Fsp3) is 0.611. The Bertz CT molecular complexity index is 412. The van der Waals surface area contributed by atoms with Crippen LogP contribution in [0.25, 0.3) is 0 Å². The molecule has 0 aromatic heterocycles. The van der Waals surface area contributed by atoms with Gasteiger partial charge in [-0.25, -0.2) is 0 Å². The first kappa shape index (κ1) is 17.7. The lowest BCUT2D eigenvalue weighted by atomic mass is 10.0. The molecule has 0 saturated heterocycles. The van der Waals surface area contributed by atoms with Gasteiger partial charge in [0, 0.05) is 15.6 Å². The van der Waals surface area contributed by atoms with E-state index in [2.05, 4.69) is 42.5 Å². The van der Waals surface area contributed by atoms with E-state index in [1.807, 2.05) is 12.1 Å². The number of rotatable bonds is 10. The predicted molar refractivity (Wildman–Crippen MR) is 95.5 cm³/mol. The van der Waals surface area contributed by atoms with Crippen molar-refractivity contribution in [2.24, 2.45) is 0 Å². The number of Topliss-reactive ketones (excluding diaryl/α,β-unsaturated/α-hetero) is 1. The molecule has 1 nitrogen and oxygen atoms in total. The molecular weight excluding hydrogens is 359 g/mol. The molecule has 0 aliphatic rings. The van der Waals surface area contributed by atoms with E-state index in [0.717, 1.165) is 15.6 Å². The van der Waals surface area contributed by atoms with Crippen molar-refractivity contribution in [2.45, 2.75) is 71.6 Å². The first-order chi connectivity index (χ1) is 9.66. The van der Waals surface area contributed by atoms with E-state index in [4.69, 9.17) is 0 Å². The summed E-state index contributed by atoms with van der Waals surface area (Å²) in [5.74, 6) is 0.309. The van der Waals surface area contributed by atoms with Gasteiger partial charge in [-0.2, -0.15) is 0 Å². The van der Waals surface area contributed by atoms with Crippen LogP contribution in [-0.2, 0) is 0 Å². The van der Waals surface area contributed by atoms with Crippen LogP contribution in [0.15, 0.2) is 18.2 Å². The molecule has 2 heteroatoms. The van der Waals surface area contributed by atoms with Gasteiger partial charge in [-0.3, -0.25) is 4.79 Å². The zero-order chi connectivity index (χ0) is 14.8. The quantitative estimate of drug-likeness (QED) is 0.262. The summed E-state index contributed by atoms with van der Waals surface area (Å²) in [4.78, 5) is 12.2. The highest BCUT2D eigenvalue weighted by atomic mass is 127. The average molecular weight is 386 g/mol. The van der Waals surface area contributed by atoms with Gasteiger partial charge in [0.15, 0.2) is 5.78 Å². The second-order valence-electron chi connectivity index (χ2n) is 5.58. The molecule has 0 N–H and O–H groups in total. The standard InChI is InChI=1S/C18H27IO/c1-3-4-5-6-7-8-9-10-14-17(20)16-13-11-12-15(2)18(16)19/h11-13H,3-10,14H2,1-2H3. The summed E-state index contributed by atoms with van der Waals surface area (Å²) in [6, 6.07) is 6.01. The Hall–Kier alpha value is -0.380. The normalized spacial score (nSPS) is 10.8. The van der Waals surface area contributed by atoms with Crippen LogP contribution >= 0.6 is 22.6 Å². The molecular formula is C18H27IO. The van der Waals surface area contributed by atoms with Gasteiger partial charge in [-0.15, -0.1) is 0 Å². The summed E-state index contributed by atoms with van der Waals surface area (Å²) in [7, 11) is 0. The maximum Gasteiger partial charge on any atom is 0.163 e. The minimum atomic E-state index is 0.309. The molecule has 0 amide bonds. The molecule has 0 aliphatic heterocycles. The van der Waals surface area contributed by atoms with Crippen molar-refractivity contribution in [1.29, 1.82) is 0 Å². The van der Waals surface area contributed by atoms with Crippen molar-refractivity contribution in [3.63, 3.8) is 0 Å². The third-order valence-electron chi connectivity index (χ3n) is 3.75. The second kappa shape index (κ2) is 10.4. The molecule has 0 aliphatic carbocycles. The maximum absolute atomic E-state index is 12.2. The van der Waals surface area contributed by atoms with Crippen LogP contribution in [0.4, 0.5) is 0 Å². The molecule has 1 aromatic rings. The summed E-state index contributed by atoms with van der Waals surface area (Å²) < 4.78 is 1.12. The largest absolute Gasteiger partial charge is 0.294 e. The lowest BCUT2D eigenvalue weighted by Gasteiger charge is -2.06. The van der Waals surface area contributed by atoms with Gasteiger partial charge >= 0.3 is 0 Å². The van der Waals surface area contributed by atoms with E-state index in [0.29, 0.717) is 12.2 Å². The third-order valence-corrected chi connectivity index (χ3v) is 5.18. The van der Waals surface area contributed by atoms with E-state index < -0.39 is 0 Å². The van der Waals surface area contributed by atoms with Crippen molar-refractivity contribution in [3.8, 4) is 0 Å². The van der Waals surface area contributed by atoms with Crippen molar-refractivity contribution in [1.82, 2.24) is 0 Å². The number of aryl methyl sites for hydroxylation is 1. The summed E-state index contributed by atoms with van der Waals surface area (Å²) in [6.45, 7) is 4.31. The molecule has 0 heterocycles. The minimum Gasteiger partial charge on any atom is -0.294 e. The highest BCUT2D eigenvalue weighted by molar-refractivity contribution is 14.1. The lowest BCUT2D eigenvalue weighted by molar-refractivity contribution is 0.0978. The Labute approximate surface area is 137 Å². The van der Waals surface area contributed by atoms with Crippen LogP contribution in [0.1, 0.15) is 80.6 Å². The molecule has 0 atom stereocenters. The number of halogens is 1. The fourth-order valence-corrected chi connectivity index (χ4v) is 3.08. The Morgan fingerprint density at radius 2 is 1.60 bits per heavy atom. The number of carbonyl (C=O) groups is 1. The molecule has 1 rings (SSSR count). The fourth-order valence-electron chi connectivity index (χ4n) is 2.42. The molecule has 20 heavy (non-hydrogen) atoms. The molecule has 0 unspecified atom stereocenters. The van der Waals surface area contributed by atoms with E-state index in [1.165, 1.54) is 50.5 Å². The van der Waals surface area contributed by atoms with Crippen LogP contribution in [0.3, 0.4) is 0 Å². The molecule has 0 saturated carbocycles. The van der Waals surface area contributed by atoms with Gasteiger partial charge in [0.05, 0.1) is 0 Å². The minimum absolute atomic E-state index is 0.309. The number of hydrogen-bond acceptors (Lipinski definition) is 1. The van der Waals surface area contributed by atoms with E-state index in [1.54, 1.807) is 0 Å². The van der Waals surface area contributed by atoms with E-state index in [-0.39, 0.29) is 0 Å². The van der Waals surface area contributed by atoms with Crippen molar-refractivity contribution in [2.75, 3.05) is 0 Å². The van der Waals surface area contributed by atoms with Crippen LogP contribution in [0.5, 0.6) is 0 Å². The van der Waals surface area contributed by atoms with Gasteiger partial charge in [0.25, 0.3) is 0 Å². The van der Waals surface area contributed by atoms with Crippen molar-refractivity contribution >= 4 is 28.4 Å². The van der Waals surface area contributed by atoms with Gasteiger partial charge in [0.2, 0.25) is 0 Å². The molecule has 1 aromatic carbocycles. The summed E-state index contributed by atoms with van der Waals surface area (Å²) in [5.41, 5.74) is 2.11. The SMILES string of the molecule is CCCCCCCCCCC(=O)c1cccc(C)c1I. The number of carbonyl (C=O) groups excluding carboxylic acids is 1. The van der Waals surface area contributed by atoms with Gasteiger partial charge in [-0.05, 0) is 41.5 Å². The monoisotopic (exact) mass is 386 g/mol. The first-order valence-corrected chi connectivity index (χ1v) is 9.03. The highest BCUT2D eigenvalue weighted by Crippen LogP contribution is 2.19. The summed E-state index contributed by atoms with van der Waals surface area (Å²) in [6.07, 6.45) is 11.0. The predicted octanol–water partition coefficient (Wildman–Crippen LogP) is 6.31. The van der Waals surface area contributed by atoms with Crippen LogP contribution in [0, 0.1) is 10.5 Å². The first-order valence-electron chi connectivity index (χ1n) is 7.95. The Kier molecular flexibility index (Phi) is 9.16. The zero-order valence-corrected chi connectivity index (χ0v) is 15.0. The second-order valence-corrected chi connectivity index (χ2v) is 6.66.